The fraction of sp³-hybridized carbons (Fsp3) is 0.455. The smallest absolute Gasteiger partial charge is 0.192 e. The number of halogens is 2. The fourth-order valence-electron chi connectivity index (χ4n) is 3.38. The minimum atomic E-state index is -0.591. The number of guanidine groups is 1. The van der Waals surface area contributed by atoms with Crippen LogP contribution in [0.25, 0.3) is 0 Å². The van der Waals surface area contributed by atoms with Crippen molar-refractivity contribution in [1.29, 1.82) is 0 Å². The molecule has 0 amide bonds. The molecule has 0 bridgehead atoms. The molecule has 0 aliphatic carbocycles. The number of hydrogen-bond acceptors (Lipinski definition) is 4. The van der Waals surface area contributed by atoms with Crippen molar-refractivity contribution >= 4 is 11.8 Å². The van der Waals surface area contributed by atoms with E-state index < -0.39 is 11.6 Å². The first-order valence-electron chi connectivity index (χ1n) is 10.3. The molecule has 2 unspecified atom stereocenters. The van der Waals surface area contributed by atoms with Gasteiger partial charge in [-0.2, -0.15) is 0 Å². The molecule has 162 valence electrons. The monoisotopic (exact) mass is 417 g/mol. The van der Waals surface area contributed by atoms with Crippen molar-refractivity contribution in [3.8, 4) is 0 Å². The van der Waals surface area contributed by atoms with Gasteiger partial charge in [0.2, 0.25) is 0 Å². The first-order chi connectivity index (χ1) is 14.5. The summed E-state index contributed by atoms with van der Waals surface area (Å²) < 4.78 is 32.9. The van der Waals surface area contributed by atoms with Gasteiger partial charge < -0.3 is 20.3 Å². The number of anilines is 1. The van der Waals surface area contributed by atoms with Crippen molar-refractivity contribution < 1.29 is 13.5 Å². The Morgan fingerprint density at radius 3 is 2.90 bits per heavy atom. The van der Waals surface area contributed by atoms with Crippen LogP contribution in [-0.2, 0) is 11.3 Å². The second kappa shape index (κ2) is 10.3. The molecular formula is C22H29F2N5O. The number of morpholine rings is 1. The number of aliphatic imine (C=N–C) groups is 1. The maximum atomic E-state index is 14.1. The lowest BCUT2D eigenvalue weighted by molar-refractivity contribution is 0.0529. The molecule has 3 rings (SSSR count). The molecule has 1 aliphatic heterocycles. The van der Waals surface area contributed by atoms with Crippen LogP contribution in [0, 0.1) is 11.6 Å². The van der Waals surface area contributed by atoms with Gasteiger partial charge in [-0.15, -0.1) is 0 Å². The van der Waals surface area contributed by atoms with Crippen LogP contribution in [0.4, 0.5) is 14.6 Å². The molecule has 1 aromatic heterocycles. The largest absolute Gasteiger partial charge is 0.375 e. The summed E-state index contributed by atoms with van der Waals surface area (Å²) in [5.41, 5.74) is 1.41. The number of pyridine rings is 1. The van der Waals surface area contributed by atoms with Gasteiger partial charge in [0, 0.05) is 37.5 Å². The summed E-state index contributed by atoms with van der Waals surface area (Å²) in [6.45, 7) is 9.26. The molecule has 2 atom stereocenters. The molecule has 0 saturated carbocycles. The molecule has 0 radical (unpaired) electrons. The van der Waals surface area contributed by atoms with E-state index in [-0.39, 0.29) is 12.1 Å². The average Bonchev–Trinajstić information content (AvgIpc) is 2.72. The van der Waals surface area contributed by atoms with E-state index in [9.17, 15) is 8.78 Å². The van der Waals surface area contributed by atoms with E-state index in [1.165, 1.54) is 12.1 Å². The predicted molar refractivity (Wildman–Crippen MR) is 115 cm³/mol. The van der Waals surface area contributed by atoms with Crippen molar-refractivity contribution in [1.82, 2.24) is 15.6 Å². The molecule has 6 nitrogen and oxygen atoms in total. The highest BCUT2D eigenvalue weighted by molar-refractivity contribution is 5.80. The highest BCUT2D eigenvalue weighted by Crippen LogP contribution is 2.19. The summed E-state index contributed by atoms with van der Waals surface area (Å²) in [7, 11) is 0. The van der Waals surface area contributed by atoms with E-state index in [4.69, 9.17) is 4.74 Å². The minimum Gasteiger partial charge on any atom is -0.375 e. The molecule has 2 heterocycles. The lowest BCUT2D eigenvalue weighted by Gasteiger charge is -2.32. The summed E-state index contributed by atoms with van der Waals surface area (Å²) in [5, 5.41) is 6.35. The van der Waals surface area contributed by atoms with Crippen LogP contribution in [0.5, 0.6) is 0 Å². The van der Waals surface area contributed by atoms with Gasteiger partial charge in [0.1, 0.15) is 17.5 Å². The zero-order valence-corrected chi connectivity index (χ0v) is 17.7. The predicted octanol–water partition coefficient (Wildman–Crippen LogP) is 3.40. The van der Waals surface area contributed by atoms with Crippen molar-refractivity contribution in [3.05, 3.63) is 59.3 Å². The topological polar surface area (TPSA) is 61.8 Å². The summed E-state index contributed by atoms with van der Waals surface area (Å²) in [5.74, 6) is 0.307. The van der Waals surface area contributed by atoms with Crippen LogP contribution in [0.2, 0.25) is 0 Å². The lowest BCUT2D eigenvalue weighted by Crippen LogP contribution is -2.41. The third-order valence-electron chi connectivity index (χ3n) is 4.92. The Morgan fingerprint density at radius 2 is 2.17 bits per heavy atom. The van der Waals surface area contributed by atoms with E-state index in [0.717, 1.165) is 30.5 Å². The quantitative estimate of drug-likeness (QED) is 0.557. The van der Waals surface area contributed by atoms with E-state index in [1.54, 1.807) is 6.20 Å². The highest BCUT2D eigenvalue weighted by atomic mass is 19.1. The number of aromatic nitrogens is 1. The number of hydrogen-bond donors (Lipinski definition) is 2. The molecule has 1 saturated heterocycles. The molecule has 30 heavy (non-hydrogen) atoms. The molecule has 1 aliphatic rings. The van der Waals surface area contributed by atoms with E-state index in [1.807, 2.05) is 26.0 Å². The summed E-state index contributed by atoms with van der Waals surface area (Å²) in [6, 6.07) is 7.20. The molecule has 1 fully saturated rings. The second-order valence-corrected chi connectivity index (χ2v) is 7.38. The maximum absolute atomic E-state index is 14.1. The van der Waals surface area contributed by atoms with Crippen molar-refractivity contribution in [2.45, 2.75) is 39.5 Å². The molecular weight excluding hydrogens is 388 g/mol. The third-order valence-corrected chi connectivity index (χ3v) is 4.92. The Bertz CT molecular complexity index is 876. The molecule has 2 N–H and O–H groups in total. The van der Waals surface area contributed by atoms with E-state index in [0.29, 0.717) is 31.2 Å². The van der Waals surface area contributed by atoms with E-state index >= 15 is 0 Å². The van der Waals surface area contributed by atoms with Crippen molar-refractivity contribution in [2.24, 2.45) is 4.99 Å². The van der Waals surface area contributed by atoms with Gasteiger partial charge in [0.25, 0.3) is 0 Å². The Labute approximate surface area is 176 Å². The number of nitrogens with zero attached hydrogens (tertiary/aromatic N) is 3. The van der Waals surface area contributed by atoms with Gasteiger partial charge in [-0.25, -0.2) is 18.8 Å². The fourth-order valence-corrected chi connectivity index (χ4v) is 3.38. The van der Waals surface area contributed by atoms with Crippen molar-refractivity contribution in [2.75, 3.05) is 31.1 Å². The van der Waals surface area contributed by atoms with E-state index in [2.05, 4.69) is 32.4 Å². The first-order valence-corrected chi connectivity index (χ1v) is 10.3. The summed E-state index contributed by atoms with van der Waals surface area (Å²) >= 11 is 0. The van der Waals surface area contributed by atoms with Crippen LogP contribution < -0.4 is 15.5 Å². The molecule has 1 aromatic carbocycles. The zero-order valence-electron chi connectivity index (χ0n) is 17.7. The van der Waals surface area contributed by atoms with Crippen LogP contribution >= 0.6 is 0 Å². The number of rotatable bonds is 6. The van der Waals surface area contributed by atoms with Gasteiger partial charge in [0.15, 0.2) is 5.96 Å². The Hall–Kier alpha value is -2.74. The molecule has 8 heteroatoms. The maximum Gasteiger partial charge on any atom is 0.192 e. The van der Waals surface area contributed by atoms with Crippen molar-refractivity contribution in [3.63, 3.8) is 0 Å². The van der Waals surface area contributed by atoms with Crippen LogP contribution in [0.3, 0.4) is 0 Å². The number of benzene rings is 1. The summed E-state index contributed by atoms with van der Waals surface area (Å²) in [4.78, 5) is 11.3. The lowest BCUT2D eigenvalue weighted by atomic mass is 10.1. The van der Waals surface area contributed by atoms with Gasteiger partial charge >= 0.3 is 0 Å². The molecule has 0 spiro atoms. The summed E-state index contributed by atoms with van der Waals surface area (Å²) in [6.07, 6.45) is 1.97. The Balaban J connectivity index is 1.69. The minimum absolute atomic E-state index is 0.181. The number of ether oxygens (including phenoxy) is 1. The van der Waals surface area contributed by atoms with Gasteiger partial charge in [-0.3, -0.25) is 0 Å². The SMILES string of the molecule is CCNC(=NCc1ccnc(N2CCOC(C)C2)c1)NC(C)c1ccc(F)cc1F. The standard InChI is InChI=1S/C22H29F2N5O/c1-4-25-22(28-16(3)19-6-5-18(23)12-20(19)24)27-13-17-7-8-26-21(11-17)29-9-10-30-15(2)14-29/h5-8,11-12,15-16H,4,9-10,13-14H2,1-3H3,(H2,25,27,28). The van der Waals surface area contributed by atoms with Crippen LogP contribution in [-0.4, -0.2) is 43.3 Å². The van der Waals surface area contributed by atoms with Crippen LogP contribution in [0.1, 0.15) is 37.9 Å². The van der Waals surface area contributed by atoms with Gasteiger partial charge in [-0.1, -0.05) is 6.07 Å². The normalized spacial score (nSPS) is 18.2. The van der Waals surface area contributed by atoms with Gasteiger partial charge in [-0.05, 0) is 44.5 Å². The van der Waals surface area contributed by atoms with Crippen LogP contribution in [0.15, 0.2) is 41.5 Å². The van der Waals surface area contributed by atoms with Gasteiger partial charge in [0.05, 0.1) is 25.3 Å². The third kappa shape index (κ3) is 5.89. The second-order valence-electron chi connectivity index (χ2n) is 7.38. The Morgan fingerprint density at radius 1 is 1.33 bits per heavy atom. The zero-order chi connectivity index (χ0) is 21.5. The highest BCUT2D eigenvalue weighted by Gasteiger charge is 2.18. The Kier molecular flexibility index (Phi) is 7.57. The average molecular weight is 418 g/mol. The molecule has 2 aromatic rings. The first kappa shape index (κ1) is 22.0. The number of nitrogens with one attached hydrogen (secondary N) is 2.